The second kappa shape index (κ2) is 13.2. The van der Waals surface area contributed by atoms with Gasteiger partial charge >= 0.3 is 0 Å². The van der Waals surface area contributed by atoms with E-state index >= 15 is 0 Å². The van der Waals surface area contributed by atoms with Crippen LogP contribution in [-0.4, -0.2) is 31.9 Å². The highest BCUT2D eigenvalue weighted by molar-refractivity contribution is 5.85. The predicted molar refractivity (Wildman–Crippen MR) is 120 cm³/mol. The molecule has 1 amide bonds. The number of ether oxygens (including phenoxy) is 3. The fourth-order valence-corrected chi connectivity index (χ4v) is 2.66. The molecule has 0 radical (unpaired) electrons. The summed E-state index contributed by atoms with van der Waals surface area (Å²) in [5, 5.41) is 4.03. The zero-order valence-corrected chi connectivity index (χ0v) is 18.1. The number of hydrazone groups is 1. The molecule has 2 aromatic carbocycles. The maximum Gasteiger partial charge on any atom is 0.277 e. The average Bonchev–Trinajstić information content (AvgIpc) is 2.77. The molecule has 0 aliphatic heterocycles. The van der Waals surface area contributed by atoms with E-state index in [1.54, 1.807) is 6.21 Å². The normalized spacial score (nSPS) is 10.8. The molecular formula is C24H32N2O4. The summed E-state index contributed by atoms with van der Waals surface area (Å²) >= 11 is 0. The van der Waals surface area contributed by atoms with Gasteiger partial charge in [0.2, 0.25) is 0 Å². The van der Waals surface area contributed by atoms with Crippen molar-refractivity contribution in [1.29, 1.82) is 0 Å². The van der Waals surface area contributed by atoms with Crippen molar-refractivity contribution < 1.29 is 19.0 Å². The van der Waals surface area contributed by atoms with E-state index in [9.17, 15) is 4.79 Å². The molecule has 2 aromatic rings. The summed E-state index contributed by atoms with van der Waals surface area (Å²) in [5.41, 5.74) is 4.50. The summed E-state index contributed by atoms with van der Waals surface area (Å²) in [6.07, 6.45) is 5.52. The Morgan fingerprint density at radius 3 is 2.30 bits per heavy atom. The van der Waals surface area contributed by atoms with Crippen molar-refractivity contribution in [1.82, 2.24) is 5.43 Å². The largest absolute Gasteiger partial charge is 0.493 e. The Bertz CT molecular complexity index is 803. The minimum atomic E-state index is -0.331. The molecule has 0 atom stereocenters. The van der Waals surface area contributed by atoms with Crippen LogP contribution in [0, 0.1) is 0 Å². The molecule has 0 aromatic heterocycles. The van der Waals surface area contributed by atoms with Gasteiger partial charge in [0.15, 0.2) is 6.61 Å². The van der Waals surface area contributed by atoms with E-state index in [1.807, 2.05) is 49.4 Å². The van der Waals surface area contributed by atoms with Crippen molar-refractivity contribution in [2.24, 2.45) is 5.10 Å². The molecule has 0 saturated heterocycles. The minimum Gasteiger partial charge on any atom is -0.493 e. The van der Waals surface area contributed by atoms with Crippen LogP contribution in [0.5, 0.6) is 17.2 Å². The molecule has 0 unspecified atom stereocenters. The van der Waals surface area contributed by atoms with Crippen molar-refractivity contribution in [2.45, 2.75) is 46.5 Å². The van der Waals surface area contributed by atoms with E-state index in [2.05, 4.69) is 24.4 Å². The second-order valence-electron chi connectivity index (χ2n) is 6.87. The third kappa shape index (κ3) is 8.15. The van der Waals surface area contributed by atoms with Gasteiger partial charge in [-0.05, 0) is 49.1 Å². The average molecular weight is 413 g/mol. The molecule has 162 valence electrons. The highest BCUT2D eigenvalue weighted by Crippen LogP contribution is 2.24. The van der Waals surface area contributed by atoms with Crippen molar-refractivity contribution in [3.63, 3.8) is 0 Å². The first-order chi connectivity index (χ1) is 14.7. The lowest BCUT2D eigenvalue weighted by Gasteiger charge is -2.11. The summed E-state index contributed by atoms with van der Waals surface area (Å²) in [7, 11) is 0. The van der Waals surface area contributed by atoms with E-state index in [0.29, 0.717) is 24.7 Å². The van der Waals surface area contributed by atoms with E-state index in [0.717, 1.165) is 37.0 Å². The lowest BCUT2D eigenvalue weighted by Crippen LogP contribution is -2.24. The van der Waals surface area contributed by atoms with Crippen LogP contribution in [0.3, 0.4) is 0 Å². The third-order valence-corrected chi connectivity index (χ3v) is 4.14. The van der Waals surface area contributed by atoms with Gasteiger partial charge in [-0.3, -0.25) is 4.79 Å². The first-order valence-corrected chi connectivity index (χ1v) is 10.6. The first-order valence-electron chi connectivity index (χ1n) is 10.6. The Balaban J connectivity index is 1.88. The number of aryl methyl sites for hydroxylation is 1. The zero-order valence-electron chi connectivity index (χ0n) is 18.1. The Labute approximate surface area is 179 Å². The summed E-state index contributed by atoms with van der Waals surface area (Å²) in [4.78, 5) is 12.0. The van der Waals surface area contributed by atoms with Crippen molar-refractivity contribution in [3.8, 4) is 17.2 Å². The minimum absolute atomic E-state index is 0.104. The van der Waals surface area contributed by atoms with Crippen LogP contribution >= 0.6 is 0 Å². The van der Waals surface area contributed by atoms with E-state index < -0.39 is 0 Å². The topological polar surface area (TPSA) is 69.2 Å². The lowest BCUT2D eigenvalue weighted by molar-refractivity contribution is -0.123. The van der Waals surface area contributed by atoms with Crippen molar-refractivity contribution in [3.05, 3.63) is 53.6 Å². The van der Waals surface area contributed by atoms with Gasteiger partial charge in [-0.15, -0.1) is 0 Å². The van der Waals surface area contributed by atoms with Gasteiger partial charge in [-0.25, -0.2) is 5.43 Å². The van der Waals surface area contributed by atoms with Gasteiger partial charge in [-0.1, -0.05) is 39.3 Å². The Hall–Kier alpha value is -3.02. The fraction of sp³-hybridized carbons (Fsp3) is 0.417. The van der Waals surface area contributed by atoms with E-state index in [1.165, 1.54) is 5.56 Å². The Morgan fingerprint density at radius 2 is 1.60 bits per heavy atom. The summed E-state index contributed by atoms with van der Waals surface area (Å²) < 4.78 is 17.0. The SMILES string of the molecule is CCCOc1ccc(/C=N/NC(=O)COc2ccc(CCC)cc2)c(OCCC)c1. The fourth-order valence-electron chi connectivity index (χ4n) is 2.66. The van der Waals surface area contributed by atoms with Crippen LogP contribution in [0.1, 0.15) is 51.2 Å². The maximum absolute atomic E-state index is 12.0. The Morgan fingerprint density at radius 1 is 0.900 bits per heavy atom. The molecule has 6 nitrogen and oxygen atoms in total. The molecule has 2 rings (SSSR count). The molecule has 0 saturated carbocycles. The van der Waals surface area contributed by atoms with Gasteiger partial charge in [0.1, 0.15) is 17.2 Å². The summed E-state index contributed by atoms with van der Waals surface area (Å²) in [6.45, 7) is 7.38. The van der Waals surface area contributed by atoms with Gasteiger partial charge < -0.3 is 14.2 Å². The highest BCUT2D eigenvalue weighted by atomic mass is 16.5. The number of amides is 1. The number of nitrogens with zero attached hydrogens (tertiary/aromatic N) is 1. The molecule has 30 heavy (non-hydrogen) atoms. The second-order valence-corrected chi connectivity index (χ2v) is 6.87. The van der Waals surface area contributed by atoms with Gasteiger partial charge in [0.25, 0.3) is 5.91 Å². The summed E-state index contributed by atoms with van der Waals surface area (Å²) in [6, 6.07) is 13.4. The van der Waals surface area contributed by atoms with Crippen LogP contribution < -0.4 is 19.6 Å². The number of hydrogen-bond acceptors (Lipinski definition) is 5. The summed E-state index contributed by atoms with van der Waals surface area (Å²) in [5.74, 6) is 1.75. The molecule has 6 heteroatoms. The van der Waals surface area contributed by atoms with Gasteiger partial charge in [-0.2, -0.15) is 5.10 Å². The van der Waals surface area contributed by atoms with Crippen LogP contribution in [0.4, 0.5) is 0 Å². The standard InChI is InChI=1S/C24H32N2O4/c1-4-7-19-8-11-21(12-9-19)30-18-24(27)26-25-17-20-10-13-22(28-14-5-2)16-23(20)29-15-6-3/h8-13,16-17H,4-7,14-15,18H2,1-3H3,(H,26,27)/b25-17+. The maximum atomic E-state index is 12.0. The Kier molecular flexibility index (Phi) is 10.3. The molecule has 0 aliphatic rings. The smallest absolute Gasteiger partial charge is 0.277 e. The van der Waals surface area contributed by atoms with E-state index in [-0.39, 0.29) is 12.5 Å². The number of rotatable bonds is 13. The molecule has 1 N–H and O–H groups in total. The predicted octanol–water partition coefficient (Wildman–Crippen LogP) is 4.75. The monoisotopic (exact) mass is 412 g/mol. The van der Waals surface area contributed by atoms with E-state index in [4.69, 9.17) is 14.2 Å². The molecular weight excluding hydrogens is 380 g/mol. The first kappa shape index (κ1) is 23.3. The van der Waals surface area contributed by atoms with Crippen LogP contribution in [0.25, 0.3) is 0 Å². The number of hydrogen-bond donors (Lipinski definition) is 1. The molecule has 0 aliphatic carbocycles. The number of benzene rings is 2. The van der Waals surface area contributed by atoms with Gasteiger partial charge in [0, 0.05) is 11.6 Å². The van der Waals surface area contributed by atoms with Gasteiger partial charge in [0.05, 0.1) is 19.4 Å². The molecule has 0 fully saturated rings. The third-order valence-electron chi connectivity index (χ3n) is 4.14. The number of carbonyl (C=O) groups excluding carboxylic acids is 1. The van der Waals surface area contributed by atoms with Crippen molar-refractivity contribution in [2.75, 3.05) is 19.8 Å². The molecule has 0 heterocycles. The number of nitrogens with one attached hydrogen (secondary N) is 1. The quantitative estimate of drug-likeness (QED) is 0.381. The van der Waals surface area contributed by atoms with Crippen LogP contribution in [0.2, 0.25) is 0 Å². The van der Waals surface area contributed by atoms with Crippen molar-refractivity contribution >= 4 is 12.1 Å². The van der Waals surface area contributed by atoms with Crippen LogP contribution in [-0.2, 0) is 11.2 Å². The highest BCUT2D eigenvalue weighted by Gasteiger charge is 2.06. The zero-order chi connectivity index (χ0) is 21.6. The molecule has 0 bridgehead atoms. The molecule has 0 spiro atoms. The number of carbonyl (C=O) groups is 1. The van der Waals surface area contributed by atoms with Crippen LogP contribution in [0.15, 0.2) is 47.6 Å². The lowest BCUT2D eigenvalue weighted by atomic mass is 10.1.